The van der Waals surface area contributed by atoms with Crippen LogP contribution >= 0.6 is 11.3 Å². The number of hydrogen-bond acceptors (Lipinski definition) is 5. The largest absolute Gasteiger partial charge is 0.353 e. The molecule has 8 heteroatoms. The van der Waals surface area contributed by atoms with Crippen molar-refractivity contribution in [3.8, 4) is 0 Å². The first kappa shape index (κ1) is 16.8. The van der Waals surface area contributed by atoms with E-state index in [0.29, 0.717) is 30.2 Å². The van der Waals surface area contributed by atoms with Crippen LogP contribution < -0.4 is 10.6 Å². The lowest BCUT2D eigenvalue weighted by Gasteiger charge is -2.09. The van der Waals surface area contributed by atoms with E-state index < -0.39 is 17.7 Å². The van der Waals surface area contributed by atoms with E-state index in [0.717, 1.165) is 0 Å². The molecule has 0 saturated carbocycles. The Labute approximate surface area is 137 Å². The summed E-state index contributed by atoms with van der Waals surface area (Å²) in [5.41, 5.74) is 0.711. The Bertz CT molecular complexity index is 678. The molecule has 23 heavy (non-hydrogen) atoms. The summed E-state index contributed by atoms with van der Waals surface area (Å²) in [7, 11) is 0. The number of aromatic nitrogens is 1. The van der Waals surface area contributed by atoms with Crippen molar-refractivity contribution < 1.29 is 14.4 Å². The number of aliphatic imine (C=N–C) groups is 1. The molecular formula is C15H16N4O3S. The van der Waals surface area contributed by atoms with Crippen LogP contribution in [0.15, 0.2) is 35.2 Å². The summed E-state index contributed by atoms with van der Waals surface area (Å²) in [6.07, 6.45) is 6.79. The number of allylic oxidation sites excluding steroid dienone is 1. The molecule has 0 fully saturated rings. The van der Waals surface area contributed by atoms with Gasteiger partial charge in [-0.15, -0.1) is 17.9 Å². The zero-order valence-corrected chi connectivity index (χ0v) is 13.1. The van der Waals surface area contributed by atoms with E-state index in [4.69, 9.17) is 0 Å². The highest BCUT2D eigenvalue weighted by molar-refractivity contribution is 7.13. The summed E-state index contributed by atoms with van der Waals surface area (Å²) in [5.74, 6) is -1.97. The molecule has 1 aromatic heterocycles. The third-order valence-electron chi connectivity index (χ3n) is 2.97. The highest BCUT2D eigenvalue weighted by Crippen LogP contribution is 2.18. The predicted molar refractivity (Wildman–Crippen MR) is 88.4 cm³/mol. The Hall–Kier alpha value is -2.61. The second kappa shape index (κ2) is 8.14. The first-order valence-corrected chi connectivity index (χ1v) is 7.85. The summed E-state index contributed by atoms with van der Waals surface area (Å²) in [6, 6.07) is 0. The lowest BCUT2D eigenvalue weighted by atomic mass is 10.1. The first-order valence-electron chi connectivity index (χ1n) is 6.97. The number of hydrogen-bond donors (Lipinski definition) is 2. The minimum atomic E-state index is -0.919. The topological polar surface area (TPSA) is 101 Å². The summed E-state index contributed by atoms with van der Waals surface area (Å²) in [6.45, 7) is 3.96. The lowest BCUT2D eigenvalue weighted by Crippen LogP contribution is -2.28. The summed E-state index contributed by atoms with van der Waals surface area (Å²) >= 11 is 1.25. The highest BCUT2D eigenvalue weighted by atomic mass is 32.1. The molecular weight excluding hydrogens is 316 g/mol. The van der Waals surface area contributed by atoms with Gasteiger partial charge in [-0.3, -0.25) is 14.4 Å². The fourth-order valence-corrected chi connectivity index (χ4v) is 2.57. The van der Waals surface area contributed by atoms with Crippen LogP contribution in [0.2, 0.25) is 0 Å². The van der Waals surface area contributed by atoms with Gasteiger partial charge in [-0.25, -0.2) is 9.98 Å². The zero-order chi connectivity index (χ0) is 16.7. The number of carbonyl (C=O) groups excluding carboxylic acids is 3. The van der Waals surface area contributed by atoms with Gasteiger partial charge in [0.05, 0.1) is 5.69 Å². The molecule has 1 aliphatic heterocycles. The molecule has 0 spiro atoms. The van der Waals surface area contributed by atoms with E-state index in [9.17, 15) is 14.4 Å². The van der Waals surface area contributed by atoms with Crippen LogP contribution in [-0.2, 0) is 20.8 Å². The fourth-order valence-electron chi connectivity index (χ4n) is 1.82. The summed E-state index contributed by atoms with van der Waals surface area (Å²) < 4.78 is 0. The molecule has 1 aliphatic rings. The summed E-state index contributed by atoms with van der Waals surface area (Å²) in [5, 5.41) is 7.44. The van der Waals surface area contributed by atoms with E-state index in [1.807, 2.05) is 0 Å². The zero-order valence-electron chi connectivity index (χ0n) is 12.3. The van der Waals surface area contributed by atoms with E-state index in [1.54, 1.807) is 17.5 Å². The number of amides is 3. The van der Waals surface area contributed by atoms with E-state index in [1.165, 1.54) is 23.6 Å². The van der Waals surface area contributed by atoms with Crippen molar-refractivity contribution in [1.82, 2.24) is 10.3 Å². The quantitative estimate of drug-likeness (QED) is 0.577. The van der Waals surface area contributed by atoms with E-state index in [2.05, 4.69) is 27.2 Å². The molecule has 1 aromatic rings. The maximum Gasteiger partial charge on any atom is 0.262 e. The van der Waals surface area contributed by atoms with Gasteiger partial charge in [0, 0.05) is 24.6 Å². The van der Waals surface area contributed by atoms with Crippen molar-refractivity contribution in [2.75, 3.05) is 11.9 Å². The number of anilines is 1. The number of rotatable bonds is 7. The Balaban J connectivity index is 1.84. The third kappa shape index (κ3) is 4.96. The number of dihydropyridines is 1. The highest BCUT2D eigenvalue weighted by Gasteiger charge is 2.25. The average Bonchev–Trinajstić information content (AvgIpc) is 2.98. The number of thiazole rings is 1. The monoisotopic (exact) mass is 332 g/mol. The van der Waals surface area contributed by atoms with Crippen LogP contribution in [-0.4, -0.2) is 35.5 Å². The van der Waals surface area contributed by atoms with Crippen molar-refractivity contribution in [3.63, 3.8) is 0 Å². The minimum Gasteiger partial charge on any atom is -0.353 e. The van der Waals surface area contributed by atoms with Crippen LogP contribution in [0.5, 0.6) is 0 Å². The predicted octanol–water partition coefficient (Wildman–Crippen LogP) is 1.10. The summed E-state index contributed by atoms with van der Waals surface area (Å²) in [4.78, 5) is 42.8. The number of aryl methyl sites for hydroxylation is 1. The van der Waals surface area contributed by atoms with Gasteiger partial charge < -0.3 is 10.6 Å². The third-order valence-corrected chi connectivity index (χ3v) is 3.78. The number of carbonyl (C=O) groups is 3. The number of nitrogens with one attached hydrogen (secondary N) is 2. The molecule has 0 aromatic carbocycles. The SMILES string of the molecule is C=CCNC(=O)CCc1csc(NC(=O)C2C=CC=NC2=O)n1. The van der Waals surface area contributed by atoms with Crippen LogP contribution in [0, 0.1) is 5.92 Å². The maximum absolute atomic E-state index is 12.0. The lowest BCUT2D eigenvalue weighted by molar-refractivity contribution is -0.128. The van der Waals surface area contributed by atoms with Crippen molar-refractivity contribution in [1.29, 1.82) is 0 Å². The van der Waals surface area contributed by atoms with Crippen LogP contribution in [0.3, 0.4) is 0 Å². The van der Waals surface area contributed by atoms with Crippen molar-refractivity contribution in [2.24, 2.45) is 10.9 Å². The molecule has 2 N–H and O–H groups in total. The first-order chi connectivity index (χ1) is 11.1. The molecule has 3 amide bonds. The normalized spacial score (nSPS) is 16.2. The smallest absolute Gasteiger partial charge is 0.262 e. The molecule has 2 rings (SSSR count). The van der Waals surface area contributed by atoms with Gasteiger partial charge in [0.1, 0.15) is 5.92 Å². The van der Waals surface area contributed by atoms with E-state index >= 15 is 0 Å². The van der Waals surface area contributed by atoms with Gasteiger partial charge in [0.25, 0.3) is 5.91 Å². The second-order valence-corrected chi connectivity index (χ2v) is 5.56. The van der Waals surface area contributed by atoms with Gasteiger partial charge in [0.2, 0.25) is 11.8 Å². The van der Waals surface area contributed by atoms with Gasteiger partial charge in [0.15, 0.2) is 5.13 Å². The van der Waals surface area contributed by atoms with E-state index in [-0.39, 0.29) is 5.91 Å². The van der Waals surface area contributed by atoms with Crippen LogP contribution in [0.1, 0.15) is 12.1 Å². The molecule has 0 aliphatic carbocycles. The fraction of sp³-hybridized carbons (Fsp3) is 0.267. The molecule has 0 bridgehead atoms. The van der Waals surface area contributed by atoms with Gasteiger partial charge in [-0.05, 0) is 12.5 Å². The van der Waals surface area contributed by atoms with Gasteiger partial charge in [-0.2, -0.15) is 0 Å². The van der Waals surface area contributed by atoms with Crippen LogP contribution in [0.4, 0.5) is 5.13 Å². The molecule has 7 nitrogen and oxygen atoms in total. The van der Waals surface area contributed by atoms with Crippen molar-refractivity contribution in [2.45, 2.75) is 12.8 Å². The van der Waals surface area contributed by atoms with Crippen LogP contribution in [0.25, 0.3) is 0 Å². The maximum atomic E-state index is 12.0. The molecule has 0 radical (unpaired) electrons. The Morgan fingerprint density at radius 1 is 1.43 bits per heavy atom. The molecule has 1 unspecified atom stereocenters. The average molecular weight is 332 g/mol. The van der Waals surface area contributed by atoms with Crippen molar-refractivity contribution >= 4 is 40.4 Å². The molecule has 120 valence electrons. The van der Waals surface area contributed by atoms with Gasteiger partial charge >= 0.3 is 0 Å². The van der Waals surface area contributed by atoms with Crippen molar-refractivity contribution in [3.05, 3.63) is 35.9 Å². The Morgan fingerprint density at radius 2 is 2.26 bits per heavy atom. The molecule has 2 heterocycles. The minimum absolute atomic E-state index is 0.0840. The Kier molecular flexibility index (Phi) is 5.93. The standard InChI is InChI=1S/C15H16N4O3S/c1-2-7-16-12(20)6-5-10-9-23-15(18-10)19-14(22)11-4-3-8-17-13(11)21/h2-4,8-9,11H,1,5-7H2,(H,16,20)(H,18,19,22). The van der Waals surface area contributed by atoms with Gasteiger partial charge in [-0.1, -0.05) is 12.2 Å². The molecule has 0 saturated heterocycles. The number of nitrogens with zero attached hydrogens (tertiary/aromatic N) is 2. The second-order valence-electron chi connectivity index (χ2n) is 4.70. The Morgan fingerprint density at radius 3 is 3.00 bits per heavy atom. The molecule has 1 atom stereocenters.